The second-order valence-electron chi connectivity index (χ2n) is 23.0. The normalized spacial score (nSPS) is 26.5. The molecule has 14 atom stereocenters. The number of carbonyl (C=O) groups is 7. The fourth-order valence-corrected chi connectivity index (χ4v) is 12.6. The number of ether oxygens (including phenoxy) is 1. The van der Waals surface area contributed by atoms with Crippen molar-refractivity contribution >= 4 is 70.0 Å². The molecule has 4 aliphatic rings. The van der Waals surface area contributed by atoms with Gasteiger partial charge in [-0.3, -0.25) is 33.6 Å². The number of nitrogens with one attached hydrogen (secondary N) is 5. The van der Waals surface area contributed by atoms with Gasteiger partial charge in [0.25, 0.3) is 18.2 Å². The first-order valence-electron chi connectivity index (χ1n) is 29.5. The number of phenols is 1. The van der Waals surface area contributed by atoms with Crippen LogP contribution in [0.5, 0.6) is 17.2 Å². The Morgan fingerprint density at radius 2 is 1.49 bits per heavy atom. The number of aromatic hydroxyl groups is 1. The highest BCUT2D eigenvalue weighted by Gasteiger charge is 2.50. The van der Waals surface area contributed by atoms with Gasteiger partial charge in [-0.15, -0.1) is 0 Å². The van der Waals surface area contributed by atoms with Gasteiger partial charge in [0, 0.05) is 55.1 Å². The first-order chi connectivity index (χ1) is 43.5. The van der Waals surface area contributed by atoms with Gasteiger partial charge in [0.2, 0.25) is 40.4 Å². The lowest BCUT2D eigenvalue weighted by Crippen LogP contribution is -2.64. The van der Waals surface area contributed by atoms with E-state index in [1.165, 1.54) is 36.8 Å². The lowest BCUT2D eigenvalue weighted by molar-refractivity contribution is -0.433. The van der Waals surface area contributed by atoms with Gasteiger partial charge in [-0.2, -0.15) is 5.10 Å². The van der Waals surface area contributed by atoms with Crippen LogP contribution in [-0.4, -0.2) is 217 Å². The third-order valence-corrected chi connectivity index (χ3v) is 17.8. The Hall–Kier alpha value is -7.64. The lowest BCUT2D eigenvalue weighted by atomic mass is 9.96. The van der Waals surface area contributed by atoms with Crippen LogP contribution in [-0.2, 0) is 38.1 Å². The summed E-state index contributed by atoms with van der Waals surface area (Å²) in [6.07, 6.45) is -7.20. The van der Waals surface area contributed by atoms with Crippen molar-refractivity contribution in [1.29, 1.82) is 0 Å². The van der Waals surface area contributed by atoms with Crippen LogP contribution in [0.15, 0.2) is 72.9 Å². The summed E-state index contributed by atoms with van der Waals surface area (Å²) in [5, 5.41) is 120. The van der Waals surface area contributed by atoms with E-state index in [-0.39, 0.29) is 49.1 Å². The Morgan fingerprint density at radius 3 is 2.18 bits per heavy atom. The monoisotopic (exact) mass is 1310 g/mol. The van der Waals surface area contributed by atoms with Crippen molar-refractivity contribution < 1.29 is 98.0 Å². The number of hydrogen-bond donors (Lipinski definition) is 15. The van der Waals surface area contributed by atoms with Gasteiger partial charge < -0.3 is 91.9 Å². The number of nitrogens with two attached hydrogens (primary N) is 1. The van der Waals surface area contributed by atoms with E-state index in [4.69, 9.17) is 30.0 Å². The maximum atomic E-state index is 14.7. The van der Waals surface area contributed by atoms with Crippen LogP contribution >= 0.6 is 23.7 Å². The minimum Gasteiger partial charge on any atom is -0.504 e. The second kappa shape index (κ2) is 30.2. The molecule has 33 heteroatoms. The third kappa shape index (κ3) is 16.0. The molecule has 3 aromatic carbocycles. The van der Waals surface area contributed by atoms with Crippen LogP contribution in [0.2, 0.25) is 0 Å². The SMILES string of the molecule is C[C@H](O)[C@@H]1NC(=O)[C@@H](NC(=O)c2ccc(-c3cn4nc(-c5ccc(OC6CCCCC6)cc5)sc4n3)cc2)C[C@H](O)CNC(=O)[C@@H]2[C@@H](O)[C@H](C)CN2C(=O)[C@H]([C@H](O)CCN)NC(=O)[C@H]([C@H](O)[C@@H](O)c2ccc(O)c(OSOOO)c2)NC(=O)[C@@H]2C[C@H](O)CN2C1=O. The highest BCUT2D eigenvalue weighted by molar-refractivity contribution is 7.90. The van der Waals surface area contributed by atoms with Crippen molar-refractivity contribution in [3.63, 3.8) is 0 Å². The molecule has 16 N–H and O–H groups in total. The van der Waals surface area contributed by atoms with E-state index in [2.05, 4.69) is 36.0 Å². The molecule has 492 valence electrons. The second-order valence-corrected chi connectivity index (χ2v) is 24.4. The first-order valence-corrected chi connectivity index (χ1v) is 31.0. The first kappa shape index (κ1) is 67.7. The summed E-state index contributed by atoms with van der Waals surface area (Å²) in [4.78, 5) is 108. The van der Waals surface area contributed by atoms with E-state index >= 15 is 0 Å². The molecule has 1 saturated carbocycles. The zero-order chi connectivity index (χ0) is 65.4. The van der Waals surface area contributed by atoms with Crippen LogP contribution in [0.4, 0.5) is 0 Å². The molecule has 3 saturated heterocycles. The average Bonchev–Trinajstić information content (AvgIpc) is 1.87. The number of phenolic OH excluding ortho intramolecular Hbond substituents is 1. The molecule has 0 radical (unpaired) electrons. The number of aliphatic hydroxyl groups excluding tert-OH is 7. The molecule has 7 amide bonds. The molecule has 0 bridgehead atoms. The minimum absolute atomic E-state index is 0.000712. The van der Waals surface area contributed by atoms with Crippen molar-refractivity contribution in [3.05, 3.63) is 84.1 Å². The lowest BCUT2D eigenvalue weighted by Gasteiger charge is -2.34. The van der Waals surface area contributed by atoms with Crippen molar-refractivity contribution in [2.24, 2.45) is 11.7 Å². The topological polar surface area (TPSA) is 461 Å². The Bertz CT molecular complexity index is 3360. The Balaban J connectivity index is 0.984. The molecule has 3 aliphatic heterocycles. The van der Waals surface area contributed by atoms with Gasteiger partial charge >= 0.3 is 0 Å². The Labute approximate surface area is 528 Å². The smallest absolute Gasteiger partial charge is 0.261 e. The predicted octanol–water partition coefficient (Wildman–Crippen LogP) is -1.31. The predicted molar refractivity (Wildman–Crippen MR) is 320 cm³/mol. The number of aliphatic hydroxyl groups is 7. The number of carbonyl (C=O) groups excluding carboxylic acids is 7. The number of aromatic nitrogens is 3. The van der Waals surface area contributed by atoms with Crippen molar-refractivity contribution in [3.8, 4) is 39.1 Å². The molecule has 9 rings (SSSR count). The van der Waals surface area contributed by atoms with Crippen LogP contribution in [0, 0.1) is 5.92 Å². The quantitative estimate of drug-likeness (QED) is 0.0222. The van der Waals surface area contributed by atoms with E-state index in [0.717, 1.165) is 76.9 Å². The van der Waals surface area contributed by atoms with Crippen molar-refractivity contribution in [2.45, 2.75) is 150 Å². The Morgan fingerprint density at radius 1 is 0.813 bits per heavy atom. The van der Waals surface area contributed by atoms with Crippen molar-refractivity contribution in [1.82, 2.24) is 51.0 Å². The average molecular weight is 1310 g/mol. The number of amides is 7. The zero-order valence-corrected chi connectivity index (χ0v) is 50.9. The summed E-state index contributed by atoms with van der Waals surface area (Å²) in [5.41, 5.74) is 7.47. The largest absolute Gasteiger partial charge is 0.504 e. The van der Waals surface area contributed by atoms with E-state index in [0.29, 0.717) is 16.2 Å². The number of benzene rings is 3. The summed E-state index contributed by atoms with van der Waals surface area (Å²) >= 11 is 1.37. The molecular weight excluding hydrogens is 1230 g/mol. The number of hydrogen-bond acceptors (Lipinski definition) is 25. The highest BCUT2D eigenvalue weighted by Crippen LogP contribution is 2.35. The van der Waals surface area contributed by atoms with E-state index < -0.39 is 164 Å². The van der Waals surface area contributed by atoms with Gasteiger partial charge in [-0.25, -0.2) is 14.8 Å². The van der Waals surface area contributed by atoms with Crippen molar-refractivity contribution in [2.75, 3.05) is 26.2 Å². The zero-order valence-electron chi connectivity index (χ0n) is 49.2. The fourth-order valence-electron chi connectivity index (χ4n) is 11.5. The maximum absolute atomic E-state index is 14.7. The minimum atomic E-state index is -2.46. The highest BCUT2D eigenvalue weighted by atomic mass is 32.2. The van der Waals surface area contributed by atoms with Crippen LogP contribution < -0.4 is 41.2 Å². The molecule has 31 nitrogen and oxygen atoms in total. The Kier molecular flexibility index (Phi) is 22.5. The van der Waals surface area contributed by atoms with E-state index in [1.54, 1.807) is 22.8 Å². The van der Waals surface area contributed by atoms with E-state index in [1.807, 2.05) is 24.3 Å². The summed E-state index contributed by atoms with van der Waals surface area (Å²) < 4.78 is 17.1. The molecule has 1 aliphatic carbocycles. The third-order valence-electron chi connectivity index (χ3n) is 16.4. The molecule has 91 heavy (non-hydrogen) atoms. The summed E-state index contributed by atoms with van der Waals surface area (Å²) in [7, 11) is 0. The summed E-state index contributed by atoms with van der Waals surface area (Å²) in [5.74, 6) is -9.30. The number of rotatable bonds is 17. The fraction of sp³-hybridized carbons (Fsp3) is 0.500. The van der Waals surface area contributed by atoms with Gasteiger partial charge in [0.05, 0.1) is 48.5 Å². The van der Waals surface area contributed by atoms with Gasteiger partial charge in [-0.05, 0) is 99.7 Å². The molecule has 2 aromatic heterocycles. The molecule has 0 spiro atoms. The molecular formula is C58H73N11O20S2. The summed E-state index contributed by atoms with van der Waals surface area (Å²) in [6, 6.07) is 5.13. The van der Waals surface area contributed by atoms with E-state index in [9.17, 15) is 74.4 Å². The molecule has 5 aromatic rings. The number of nitrogens with zero attached hydrogens (tertiary/aromatic N) is 5. The number of imidazole rings is 1. The standard InChI is InChI=1S/C58H73N11O20S2/c1-27-24-68-46(47(27)75)54(82)60-23-33(71)21-37(61-50(78)30-10-8-29(9-11-30)38-26-69-58(62-38)90-55(66-69)31-12-15-36(16-13-31)86-35-6-4-3-5-7-35)51(79)63-43(28(2)70)56(83)67-25-34(72)22-39(67)52(80)65-45(53(81)64-44(57(68)84)41(74)18-19-59)49(77)48(76)32-14-17-40(73)42(20-32)87-91-89-88-85/h8-17,20,26-28,33-35,37,39,41,43-49,70-77,85H,3-7,18-19,21-25,59H2,1-2H3,(H,60,82)(H,61,78)(H,63,79)(H,64,81)(H,65,80)/t27-,28+,33+,34+,37+,39+,41-,43+,44+,45+,46+,47+,48+,49+/m1/s1. The number of β-amino-alcohol motifs (C(OH)–C–C–N with tert-alkyl or cyclic N) is 1. The van der Waals surface area contributed by atoms with Gasteiger partial charge in [0.15, 0.2) is 11.5 Å². The van der Waals surface area contributed by atoms with Gasteiger partial charge in [-0.1, -0.05) is 52.3 Å². The van der Waals surface area contributed by atoms with Crippen LogP contribution in [0.25, 0.3) is 26.8 Å². The molecule has 5 heterocycles. The molecule has 0 unspecified atom stereocenters. The maximum Gasteiger partial charge on any atom is 0.261 e. The van der Waals surface area contributed by atoms with Crippen LogP contribution in [0.1, 0.15) is 87.2 Å². The van der Waals surface area contributed by atoms with Gasteiger partial charge in [0.1, 0.15) is 59.2 Å². The number of fused-ring (bicyclic) bond motifs is 3. The summed E-state index contributed by atoms with van der Waals surface area (Å²) in [6.45, 7) is 0.649. The molecule has 4 fully saturated rings. The van der Waals surface area contributed by atoms with Crippen LogP contribution in [0.3, 0.4) is 0 Å².